The predicted octanol–water partition coefficient (Wildman–Crippen LogP) is 2.65. The molecule has 0 aromatic heterocycles. The van der Waals surface area contributed by atoms with Crippen molar-refractivity contribution in [3.05, 3.63) is 59.7 Å². The molecular weight excluding hydrogens is 380 g/mol. The Kier molecular flexibility index (Phi) is 7.68. The summed E-state index contributed by atoms with van der Waals surface area (Å²) in [4.78, 5) is 28.4. The van der Waals surface area contributed by atoms with E-state index in [4.69, 9.17) is 4.74 Å². The van der Waals surface area contributed by atoms with E-state index in [1.807, 2.05) is 62.4 Å². The van der Waals surface area contributed by atoms with Gasteiger partial charge in [0.05, 0.1) is 13.1 Å². The van der Waals surface area contributed by atoms with E-state index in [1.165, 1.54) is 0 Å². The molecule has 1 heterocycles. The van der Waals surface area contributed by atoms with Crippen molar-refractivity contribution < 1.29 is 14.3 Å². The fourth-order valence-electron chi connectivity index (χ4n) is 3.27. The third-order valence-corrected chi connectivity index (χ3v) is 5.01. The molecule has 2 aromatic carbocycles. The molecule has 3 rings (SSSR count). The van der Waals surface area contributed by atoms with E-state index in [0.717, 1.165) is 22.6 Å². The van der Waals surface area contributed by atoms with Gasteiger partial charge < -0.3 is 20.3 Å². The van der Waals surface area contributed by atoms with Crippen LogP contribution in [-0.4, -0.2) is 67.6 Å². The molecule has 0 bridgehead atoms. The maximum absolute atomic E-state index is 12.4. The van der Waals surface area contributed by atoms with Crippen LogP contribution in [0.15, 0.2) is 48.5 Å². The minimum Gasteiger partial charge on any atom is -0.492 e. The summed E-state index contributed by atoms with van der Waals surface area (Å²) in [6, 6.07) is 15.5. The van der Waals surface area contributed by atoms with Gasteiger partial charge in [-0.2, -0.15) is 0 Å². The van der Waals surface area contributed by atoms with Gasteiger partial charge in [-0.15, -0.1) is 0 Å². The highest BCUT2D eigenvalue weighted by molar-refractivity contribution is 5.89. The summed E-state index contributed by atoms with van der Waals surface area (Å²) in [7, 11) is 0. The molecule has 160 valence electrons. The Bertz CT molecular complexity index is 846. The minimum absolute atomic E-state index is 0.0274. The van der Waals surface area contributed by atoms with Crippen molar-refractivity contribution in [2.45, 2.75) is 13.8 Å². The lowest BCUT2D eigenvalue weighted by Crippen LogP contribution is -2.52. The zero-order valence-electron chi connectivity index (χ0n) is 17.7. The van der Waals surface area contributed by atoms with Crippen LogP contribution in [0.2, 0.25) is 0 Å². The molecule has 0 spiro atoms. The van der Waals surface area contributed by atoms with Crippen molar-refractivity contribution in [3.63, 3.8) is 0 Å². The lowest BCUT2D eigenvalue weighted by atomic mass is 10.2. The molecule has 3 amide bonds. The number of hydrogen-bond donors (Lipinski definition) is 2. The first-order chi connectivity index (χ1) is 14.5. The fraction of sp³-hybridized carbons (Fsp3) is 0.391. The zero-order chi connectivity index (χ0) is 21.3. The SMILES string of the molecule is Cc1ccc(NC(=O)N2CCN(CC(=O)NCCOc3cccc(C)c3)CC2)cc1. The first-order valence-corrected chi connectivity index (χ1v) is 10.3. The number of urea groups is 1. The minimum atomic E-state index is -0.101. The summed E-state index contributed by atoms with van der Waals surface area (Å²) < 4.78 is 5.64. The molecule has 1 aliphatic rings. The van der Waals surface area contributed by atoms with E-state index in [0.29, 0.717) is 45.9 Å². The maximum atomic E-state index is 12.4. The molecule has 1 saturated heterocycles. The average molecular weight is 411 g/mol. The van der Waals surface area contributed by atoms with Gasteiger partial charge in [-0.1, -0.05) is 29.8 Å². The number of piperazine rings is 1. The highest BCUT2D eigenvalue weighted by Crippen LogP contribution is 2.12. The Balaban J connectivity index is 1.31. The normalized spacial score (nSPS) is 14.3. The molecule has 7 nitrogen and oxygen atoms in total. The summed E-state index contributed by atoms with van der Waals surface area (Å²) in [5, 5.41) is 5.81. The van der Waals surface area contributed by atoms with Crippen LogP contribution in [0.5, 0.6) is 5.75 Å². The third kappa shape index (κ3) is 6.77. The number of nitrogens with one attached hydrogen (secondary N) is 2. The molecule has 0 saturated carbocycles. The number of benzene rings is 2. The van der Waals surface area contributed by atoms with Gasteiger partial charge in [0, 0.05) is 31.9 Å². The van der Waals surface area contributed by atoms with Crippen LogP contribution in [0.1, 0.15) is 11.1 Å². The summed E-state index contributed by atoms with van der Waals surface area (Å²) >= 11 is 0. The molecule has 0 atom stereocenters. The quantitative estimate of drug-likeness (QED) is 0.689. The number of nitrogens with zero attached hydrogens (tertiary/aromatic N) is 2. The number of anilines is 1. The predicted molar refractivity (Wildman–Crippen MR) is 118 cm³/mol. The van der Waals surface area contributed by atoms with Crippen molar-refractivity contribution >= 4 is 17.6 Å². The zero-order valence-corrected chi connectivity index (χ0v) is 17.7. The van der Waals surface area contributed by atoms with Crippen molar-refractivity contribution in [1.29, 1.82) is 0 Å². The van der Waals surface area contributed by atoms with E-state index in [-0.39, 0.29) is 11.9 Å². The van der Waals surface area contributed by atoms with E-state index in [9.17, 15) is 9.59 Å². The van der Waals surface area contributed by atoms with Crippen LogP contribution in [0.3, 0.4) is 0 Å². The number of hydrogen-bond acceptors (Lipinski definition) is 4. The molecule has 0 radical (unpaired) electrons. The van der Waals surface area contributed by atoms with Crippen LogP contribution >= 0.6 is 0 Å². The Morgan fingerprint density at radius 3 is 2.40 bits per heavy atom. The number of ether oxygens (including phenoxy) is 1. The van der Waals surface area contributed by atoms with Crippen LogP contribution < -0.4 is 15.4 Å². The third-order valence-electron chi connectivity index (χ3n) is 5.01. The molecule has 7 heteroatoms. The van der Waals surface area contributed by atoms with Gasteiger partial charge in [0.1, 0.15) is 12.4 Å². The molecule has 2 N–H and O–H groups in total. The second kappa shape index (κ2) is 10.6. The van der Waals surface area contributed by atoms with E-state index < -0.39 is 0 Å². The van der Waals surface area contributed by atoms with Crippen LogP contribution in [0, 0.1) is 13.8 Å². The maximum Gasteiger partial charge on any atom is 0.321 e. The smallest absolute Gasteiger partial charge is 0.321 e. The van der Waals surface area contributed by atoms with Gasteiger partial charge in [0.2, 0.25) is 5.91 Å². The van der Waals surface area contributed by atoms with Gasteiger partial charge in [-0.25, -0.2) is 4.79 Å². The van der Waals surface area contributed by atoms with Crippen molar-refractivity contribution in [2.75, 3.05) is 51.2 Å². The first kappa shape index (κ1) is 21.6. The van der Waals surface area contributed by atoms with Gasteiger partial charge in [0.15, 0.2) is 0 Å². The van der Waals surface area contributed by atoms with Crippen molar-refractivity contribution in [2.24, 2.45) is 0 Å². The summed E-state index contributed by atoms with van der Waals surface area (Å²) in [5.41, 5.74) is 3.09. The van der Waals surface area contributed by atoms with Crippen LogP contribution in [0.4, 0.5) is 10.5 Å². The molecule has 1 fully saturated rings. The highest BCUT2D eigenvalue weighted by Gasteiger charge is 2.22. The summed E-state index contributed by atoms with van der Waals surface area (Å²) in [6.07, 6.45) is 0. The standard InChI is InChI=1S/C23H30N4O3/c1-18-6-8-20(9-7-18)25-23(29)27-13-11-26(12-14-27)17-22(28)24-10-15-30-21-5-3-4-19(2)16-21/h3-9,16H,10-15,17H2,1-2H3,(H,24,28)(H,25,29). The second-order valence-electron chi connectivity index (χ2n) is 7.57. The molecule has 0 aliphatic carbocycles. The monoisotopic (exact) mass is 410 g/mol. The lowest BCUT2D eigenvalue weighted by Gasteiger charge is -2.34. The second-order valence-corrected chi connectivity index (χ2v) is 7.57. The number of carbonyl (C=O) groups is 2. The van der Waals surface area contributed by atoms with E-state index in [2.05, 4.69) is 15.5 Å². The Morgan fingerprint density at radius 1 is 0.967 bits per heavy atom. The van der Waals surface area contributed by atoms with Crippen molar-refractivity contribution in [1.82, 2.24) is 15.1 Å². The van der Waals surface area contributed by atoms with Gasteiger partial charge >= 0.3 is 6.03 Å². The Morgan fingerprint density at radius 2 is 1.70 bits per heavy atom. The van der Waals surface area contributed by atoms with E-state index >= 15 is 0 Å². The highest BCUT2D eigenvalue weighted by atomic mass is 16.5. The molecular formula is C23H30N4O3. The Labute approximate surface area is 178 Å². The summed E-state index contributed by atoms with van der Waals surface area (Å²) in [5.74, 6) is 0.782. The molecule has 30 heavy (non-hydrogen) atoms. The van der Waals surface area contributed by atoms with E-state index in [1.54, 1.807) is 4.90 Å². The van der Waals surface area contributed by atoms with Crippen LogP contribution in [0.25, 0.3) is 0 Å². The fourth-order valence-corrected chi connectivity index (χ4v) is 3.27. The average Bonchev–Trinajstić information content (AvgIpc) is 2.73. The lowest BCUT2D eigenvalue weighted by molar-refractivity contribution is -0.122. The molecule has 0 unspecified atom stereocenters. The number of amides is 3. The largest absolute Gasteiger partial charge is 0.492 e. The molecule has 1 aliphatic heterocycles. The van der Waals surface area contributed by atoms with Gasteiger partial charge in [-0.05, 0) is 43.7 Å². The van der Waals surface area contributed by atoms with Gasteiger partial charge in [0.25, 0.3) is 0 Å². The number of carbonyl (C=O) groups excluding carboxylic acids is 2. The van der Waals surface area contributed by atoms with Crippen LogP contribution in [-0.2, 0) is 4.79 Å². The summed E-state index contributed by atoms with van der Waals surface area (Å²) in [6.45, 7) is 7.80. The number of aryl methyl sites for hydroxylation is 2. The Hall–Kier alpha value is -3.06. The van der Waals surface area contributed by atoms with Crippen molar-refractivity contribution in [3.8, 4) is 5.75 Å². The molecule has 2 aromatic rings. The number of rotatable bonds is 7. The van der Waals surface area contributed by atoms with Gasteiger partial charge in [-0.3, -0.25) is 9.69 Å². The first-order valence-electron chi connectivity index (χ1n) is 10.3. The topological polar surface area (TPSA) is 73.9 Å².